The topological polar surface area (TPSA) is 43.7 Å². The molecule has 0 N–H and O–H groups in total. The number of aromatic nitrogens is 3. The minimum absolute atomic E-state index is 0.954. The molecule has 2 aliphatic rings. The molecule has 0 bridgehead atoms. The van der Waals surface area contributed by atoms with Gasteiger partial charge in [0.1, 0.15) is 0 Å². The summed E-state index contributed by atoms with van der Waals surface area (Å²) < 4.78 is 2.22. The van der Waals surface area contributed by atoms with Gasteiger partial charge in [0.15, 0.2) is 0 Å². The van der Waals surface area contributed by atoms with E-state index in [0.717, 1.165) is 75.7 Å². The second kappa shape index (κ2) is 9.48. The molecule has 0 unspecified atom stereocenters. The maximum Gasteiger partial charge on any atom is 0.218 e. The summed E-state index contributed by atoms with van der Waals surface area (Å²) >= 11 is 1.70. The van der Waals surface area contributed by atoms with Crippen LogP contribution in [0.3, 0.4) is 0 Å². The number of hydrogen-bond acceptors (Lipinski definition) is 7. The van der Waals surface area contributed by atoms with E-state index < -0.39 is 0 Å². The summed E-state index contributed by atoms with van der Waals surface area (Å²) in [5.74, 6) is 0. The zero-order chi connectivity index (χ0) is 21.0. The van der Waals surface area contributed by atoms with Gasteiger partial charge in [-0.05, 0) is 24.7 Å². The van der Waals surface area contributed by atoms with Gasteiger partial charge < -0.3 is 9.80 Å². The predicted octanol–water partition coefficient (Wildman–Crippen LogP) is 2.40. The SMILES string of the molecule is CN1CCN(c2nnc(-n3cccc3CN3CCN(Cc4ccccc4)CC3)s2)CC1. The number of nitrogens with zero attached hydrogens (tertiary/aromatic N) is 7. The molecule has 2 fully saturated rings. The Morgan fingerprint density at radius 2 is 1.42 bits per heavy atom. The van der Waals surface area contributed by atoms with Gasteiger partial charge in [-0.3, -0.25) is 14.4 Å². The fourth-order valence-electron chi connectivity index (χ4n) is 4.34. The average molecular weight is 438 g/mol. The van der Waals surface area contributed by atoms with Crippen LogP contribution in [0.4, 0.5) is 5.13 Å². The van der Waals surface area contributed by atoms with E-state index in [1.54, 1.807) is 11.3 Å². The molecule has 4 heterocycles. The van der Waals surface area contributed by atoms with Crippen LogP contribution in [0.15, 0.2) is 48.7 Å². The van der Waals surface area contributed by atoms with Gasteiger partial charge in [-0.15, -0.1) is 10.2 Å². The summed E-state index contributed by atoms with van der Waals surface area (Å²) in [4.78, 5) is 9.83. The van der Waals surface area contributed by atoms with Crippen LogP contribution in [0, 0.1) is 0 Å². The fourth-order valence-corrected chi connectivity index (χ4v) is 5.25. The molecule has 8 heteroatoms. The Balaban J connectivity index is 1.18. The lowest BCUT2D eigenvalue weighted by molar-refractivity contribution is 0.120. The first-order chi connectivity index (χ1) is 15.2. The number of hydrogen-bond donors (Lipinski definition) is 0. The maximum absolute atomic E-state index is 4.51. The number of likely N-dealkylation sites (N-methyl/N-ethyl adjacent to an activating group) is 1. The Morgan fingerprint density at radius 3 is 2.16 bits per heavy atom. The first kappa shape index (κ1) is 20.6. The van der Waals surface area contributed by atoms with Crippen LogP contribution in [-0.2, 0) is 13.1 Å². The van der Waals surface area contributed by atoms with Crippen molar-refractivity contribution in [3.8, 4) is 5.13 Å². The number of rotatable bonds is 6. The first-order valence-electron chi connectivity index (χ1n) is 11.2. The Labute approximate surface area is 188 Å². The van der Waals surface area contributed by atoms with Gasteiger partial charge in [-0.1, -0.05) is 41.7 Å². The van der Waals surface area contributed by atoms with Crippen molar-refractivity contribution in [3.05, 3.63) is 59.9 Å². The van der Waals surface area contributed by atoms with E-state index in [4.69, 9.17) is 0 Å². The average Bonchev–Trinajstić information content (AvgIpc) is 3.46. The van der Waals surface area contributed by atoms with Crippen molar-refractivity contribution in [1.29, 1.82) is 0 Å². The molecule has 1 aromatic carbocycles. The van der Waals surface area contributed by atoms with Crippen molar-refractivity contribution in [2.45, 2.75) is 13.1 Å². The molecule has 0 radical (unpaired) electrons. The van der Waals surface area contributed by atoms with Gasteiger partial charge >= 0.3 is 0 Å². The van der Waals surface area contributed by atoms with Crippen LogP contribution < -0.4 is 4.90 Å². The van der Waals surface area contributed by atoms with Crippen molar-refractivity contribution in [2.75, 3.05) is 64.3 Å². The molecule has 2 aromatic heterocycles. The van der Waals surface area contributed by atoms with Crippen LogP contribution >= 0.6 is 11.3 Å². The molecule has 164 valence electrons. The van der Waals surface area contributed by atoms with E-state index in [0.29, 0.717) is 0 Å². The monoisotopic (exact) mass is 437 g/mol. The van der Waals surface area contributed by atoms with Gasteiger partial charge in [0.05, 0.1) is 0 Å². The van der Waals surface area contributed by atoms with Crippen molar-refractivity contribution < 1.29 is 0 Å². The fraction of sp³-hybridized carbons (Fsp3) is 0.478. The molecular formula is C23H31N7S. The van der Waals surface area contributed by atoms with E-state index in [-0.39, 0.29) is 0 Å². The molecule has 0 aliphatic carbocycles. The summed E-state index contributed by atoms with van der Waals surface area (Å²) in [7, 11) is 2.18. The van der Waals surface area contributed by atoms with E-state index in [9.17, 15) is 0 Å². The number of piperazine rings is 2. The van der Waals surface area contributed by atoms with Gasteiger partial charge in [-0.25, -0.2) is 0 Å². The molecule has 5 rings (SSSR count). The second-order valence-electron chi connectivity index (χ2n) is 8.56. The summed E-state index contributed by atoms with van der Waals surface area (Å²) in [6, 6.07) is 15.1. The molecule has 0 atom stereocenters. The lowest BCUT2D eigenvalue weighted by Gasteiger charge is -2.34. The predicted molar refractivity (Wildman–Crippen MR) is 126 cm³/mol. The first-order valence-corrected chi connectivity index (χ1v) is 12.0. The van der Waals surface area contributed by atoms with E-state index in [2.05, 4.69) is 90.1 Å². The summed E-state index contributed by atoms with van der Waals surface area (Å²) in [5.41, 5.74) is 2.69. The highest BCUT2D eigenvalue weighted by Gasteiger charge is 2.21. The highest BCUT2D eigenvalue weighted by molar-refractivity contribution is 7.17. The summed E-state index contributed by atoms with van der Waals surface area (Å²) in [5, 5.41) is 11.0. The Morgan fingerprint density at radius 1 is 0.742 bits per heavy atom. The van der Waals surface area contributed by atoms with Gasteiger partial charge in [-0.2, -0.15) is 0 Å². The third kappa shape index (κ3) is 4.98. The van der Waals surface area contributed by atoms with Crippen LogP contribution in [-0.4, -0.2) is 88.9 Å². The molecule has 3 aromatic rings. The number of anilines is 1. The van der Waals surface area contributed by atoms with Gasteiger partial charge in [0.2, 0.25) is 10.3 Å². The second-order valence-corrected chi connectivity index (χ2v) is 9.50. The highest BCUT2D eigenvalue weighted by atomic mass is 32.1. The smallest absolute Gasteiger partial charge is 0.218 e. The number of benzene rings is 1. The molecular weight excluding hydrogens is 406 g/mol. The van der Waals surface area contributed by atoms with E-state index >= 15 is 0 Å². The molecule has 0 amide bonds. The van der Waals surface area contributed by atoms with Crippen molar-refractivity contribution in [2.24, 2.45) is 0 Å². The Bertz CT molecular complexity index is 953. The summed E-state index contributed by atoms with van der Waals surface area (Å²) in [6.45, 7) is 10.6. The Kier molecular flexibility index (Phi) is 6.31. The standard InChI is InChI=1S/C23H31N7S/c1-26-10-16-29(17-11-26)22-24-25-23(31-22)30-9-5-8-21(30)19-28-14-12-27(13-15-28)18-20-6-3-2-4-7-20/h2-9H,10-19H2,1H3. The molecule has 2 aliphatic heterocycles. The van der Waals surface area contributed by atoms with E-state index in [1.165, 1.54) is 11.3 Å². The molecule has 0 saturated carbocycles. The third-order valence-electron chi connectivity index (χ3n) is 6.32. The third-order valence-corrected chi connectivity index (χ3v) is 7.30. The van der Waals surface area contributed by atoms with Gasteiger partial charge in [0.25, 0.3) is 0 Å². The zero-order valence-electron chi connectivity index (χ0n) is 18.2. The molecule has 31 heavy (non-hydrogen) atoms. The molecule has 0 spiro atoms. The quantitative estimate of drug-likeness (QED) is 0.590. The normalized spacial score (nSPS) is 19.2. The van der Waals surface area contributed by atoms with Crippen molar-refractivity contribution in [1.82, 2.24) is 29.5 Å². The zero-order valence-corrected chi connectivity index (χ0v) is 19.0. The molecule has 2 saturated heterocycles. The Hall–Kier alpha value is -2.26. The lowest BCUT2D eigenvalue weighted by Crippen LogP contribution is -2.45. The van der Waals surface area contributed by atoms with E-state index in [1.807, 2.05) is 0 Å². The maximum atomic E-state index is 4.51. The van der Waals surface area contributed by atoms with Crippen LogP contribution in [0.25, 0.3) is 5.13 Å². The summed E-state index contributed by atoms with van der Waals surface area (Å²) in [6.07, 6.45) is 2.12. The van der Waals surface area contributed by atoms with Gasteiger partial charge in [0, 0.05) is 77.3 Å². The largest absolute Gasteiger partial charge is 0.344 e. The van der Waals surface area contributed by atoms with Crippen LogP contribution in [0.1, 0.15) is 11.3 Å². The molecule has 7 nitrogen and oxygen atoms in total. The lowest BCUT2D eigenvalue weighted by atomic mass is 10.2. The highest BCUT2D eigenvalue weighted by Crippen LogP contribution is 2.26. The van der Waals surface area contributed by atoms with Crippen LogP contribution in [0.5, 0.6) is 0 Å². The minimum atomic E-state index is 0.954. The van der Waals surface area contributed by atoms with Crippen molar-refractivity contribution in [3.63, 3.8) is 0 Å². The van der Waals surface area contributed by atoms with Crippen molar-refractivity contribution >= 4 is 16.5 Å². The minimum Gasteiger partial charge on any atom is -0.344 e. The van der Waals surface area contributed by atoms with Crippen LogP contribution in [0.2, 0.25) is 0 Å².